The molecule has 94 valence electrons. The minimum Gasteiger partial charge on any atom is -0.382 e. The van der Waals surface area contributed by atoms with Crippen molar-refractivity contribution in [2.45, 2.75) is 13.0 Å². The normalized spacial score (nSPS) is 10.2. The summed E-state index contributed by atoms with van der Waals surface area (Å²) in [6.45, 7) is 0.742. The van der Waals surface area contributed by atoms with Crippen molar-refractivity contribution in [3.05, 3.63) is 42.4 Å². The molecule has 0 aromatic carbocycles. The fourth-order valence-electron chi connectivity index (χ4n) is 1.54. The Labute approximate surface area is 105 Å². The minimum atomic E-state index is -0.0889. The summed E-state index contributed by atoms with van der Waals surface area (Å²) >= 11 is 0. The number of pyridine rings is 1. The van der Waals surface area contributed by atoms with Crippen molar-refractivity contribution in [2.75, 3.05) is 12.3 Å². The fraction of sp³-hybridized carbons (Fsp3) is 0.250. The van der Waals surface area contributed by atoms with Gasteiger partial charge in [-0.1, -0.05) is 6.07 Å². The average Bonchev–Trinajstić information content (AvgIpc) is 2.76. The first-order valence-electron chi connectivity index (χ1n) is 5.69. The van der Waals surface area contributed by atoms with E-state index < -0.39 is 0 Å². The lowest BCUT2D eigenvalue weighted by Crippen LogP contribution is -2.29. The average molecular weight is 245 g/mol. The molecule has 0 saturated carbocycles. The van der Waals surface area contributed by atoms with E-state index in [9.17, 15) is 4.79 Å². The van der Waals surface area contributed by atoms with Gasteiger partial charge in [0.2, 0.25) is 5.91 Å². The van der Waals surface area contributed by atoms with E-state index in [2.05, 4.69) is 15.4 Å². The number of amides is 1. The van der Waals surface area contributed by atoms with Crippen LogP contribution in [0.25, 0.3) is 0 Å². The Kier molecular flexibility index (Phi) is 3.90. The molecule has 1 amide bonds. The Morgan fingerprint density at radius 3 is 2.94 bits per heavy atom. The monoisotopic (exact) mass is 245 g/mol. The molecule has 6 heteroatoms. The molecule has 0 aliphatic rings. The number of anilines is 1. The van der Waals surface area contributed by atoms with Gasteiger partial charge in [0.05, 0.1) is 0 Å². The van der Waals surface area contributed by atoms with Crippen LogP contribution >= 0.6 is 0 Å². The number of nitrogens with two attached hydrogens (primary N) is 1. The summed E-state index contributed by atoms with van der Waals surface area (Å²) in [5.74, 6) is 0.324. The highest BCUT2D eigenvalue weighted by Gasteiger charge is 2.03. The zero-order chi connectivity index (χ0) is 12.8. The molecule has 2 aromatic rings. The van der Waals surface area contributed by atoms with Gasteiger partial charge in [-0.25, -0.2) is 0 Å². The predicted octanol–water partition coefficient (Wildman–Crippen LogP) is 0.219. The van der Waals surface area contributed by atoms with Gasteiger partial charge in [0.15, 0.2) is 0 Å². The Morgan fingerprint density at radius 1 is 1.39 bits per heavy atom. The highest BCUT2D eigenvalue weighted by atomic mass is 16.2. The zero-order valence-electron chi connectivity index (χ0n) is 9.91. The highest BCUT2D eigenvalue weighted by molar-refractivity contribution is 5.75. The third-order valence-electron chi connectivity index (χ3n) is 2.40. The molecular weight excluding hydrogens is 230 g/mol. The van der Waals surface area contributed by atoms with Crippen molar-refractivity contribution < 1.29 is 4.79 Å². The molecule has 0 aliphatic heterocycles. The Hall–Kier alpha value is -2.37. The summed E-state index contributed by atoms with van der Waals surface area (Å²) in [7, 11) is 0. The maximum Gasteiger partial charge on any atom is 0.241 e. The summed E-state index contributed by atoms with van der Waals surface area (Å²) in [5, 5.41) is 6.75. The highest BCUT2D eigenvalue weighted by Crippen LogP contribution is 1.96. The lowest BCUT2D eigenvalue weighted by atomic mass is 10.3. The zero-order valence-corrected chi connectivity index (χ0v) is 9.91. The van der Waals surface area contributed by atoms with Crippen molar-refractivity contribution in [1.29, 1.82) is 0 Å². The molecule has 0 bridgehead atoms. The molecule has 2 aromatic heterocycles. The number of carbonyl (C=O) groups excluding carboxylic acids is 1. The fourth-order valence-corrected chi connectivity index (χ4v) is 1.54. The predicted molar refractivity (Wildman–Crippen MR) is 67.6 cm³/mol. The van der Waals surface area contributed by atoms with Crippen LogP contribution < -0.4 is 11.1 Å². The van der Waals surface area contributed by atoms with E-state index in [4.69, 9.17) is 5.73 Å². The van der Waals surface area contributed by atoms with Crippen LogP contribution in [0.4, 0.5) is 5.82 Å². The van der Waals surface area contributed by atoms with E-state index in [0.29, 0.717) is 18.8 Å². The van der Waals surface area contributed by atoms with E-state index in [1.165, 1.54) is 4.68 Å². The van der Waals surface area contributed by atoms with Crippen molar-refractivity contribution >= 4 is 11.7 Å². The topological polar surface area (TPSA) is 85.8 Å². The number of aromatic nitrogens is 3. The SMILES string of the molecule is Nc1ccn(CC(=O)NCCc2ccccn2)n1. The molecule has 0 radical (unpaired) electrons. The van der Waals surface area contributed by atoms with Crippen LogP contribution in [0.5, 0.6) is 0 Å². The van der Waals surface area contributed by atoms with Crippen LogP contribution in [0.1, 0.15) is 5.69 Å². The molecule has 2 rings (SSSR count). The Bertz CT molecular complexity index is 508. The van der Waals surface area contributed by atoms with Gasteiger partial charge >= 0.3 is 0 Å². The molecular formula is C12H15N5O. The Balaban J connectivity index is 1.72. The third-order valence-corrected chi connectivity index (χ3v) is 2.40. The standard InChI is InChI=1S/C12H15N5O/c13-11-5-8-17(16-11)9-12(18)15-7-4-10-3-1-2-6-14-10/h1-3,5-6,8H,4,7,9H2,(H2,13,16)(H,15,18). The summed E-state index contributed by atoms with van der Waals surface area (Å²) in [4.78, 5) is 15.8. The van der Waals surface area contributed by atoms with Crippen molar-refractivity contribution in [3.63, 3.8) is 0 Å². The summed E-state index contributed by atoms with van der Waals surface area (Å²) in [6, 6.07) is 7.38. The second-order valence-electron chi connectivity index (χ2n) is 3.86. The molecule has 0 spiro atoms. The molecule has 2 heterocycles. The van der Waals surface area contributed by atoms with E-state index in [1.54, 1.807) is 18.5 Å². The number of nitrogen functional groups attached to an aromatic ring is 1. The largest absolute Gasteiger partial charge is 0.382 e. The van der Waals surface area contributed by atoms with E-state index in [-0.39, 0.29) is 12.5 Å². The summed E-state index contributed by atoms with van der Waals surface area (Å²) in [6.07, 6.45) is 4.13. The van der Waals surface area contributed by atoms with Crippen LogP contribution in [0.3, 0.4) is 0 Å². The first kappa shape index (κ1) is 12.1. The number of rotatable bonds is 5. The molecule has 3 N–H and O–H groups in total. The maximum atomic E-state index is 11.6. The van der Waals surface area contributed by atoms with E-state index in [1.807, 2.05) is 18.2 Å². The molecule has 0 aliphatic carbocycles. The third kappa shape index (κ3) is 3.58. The van der Waals surface area contributed by atoms with Crippen LogP contribution in [0.2, 0.25) is 0 Å². The molecule has 0 saturated heterocycles. The van der Waals surface area contributed by atoms with E-state index in [0.717, 1.165) is 5.69 Å². The number of hydrogen-bond donors (Lipinski definition) is 2. The smallest absolute Gasteiger partial charge is 0.241 e. The van der Waals surface area contributed by atoms with E-state index >= 15 is 0 Å². The van der Waals surface area contributed by atoms with Gasteiger partial charge in [-0.3, -0.25) is 14.5 Å². The van der Waals surface area contributed by atoms with Gasteiger partial charge in [-0.05, 0) is 18.2 Å². The Morgan fingerprint density at radius 2 is 2.28 bits per heavy atom. The maximum absolute atomic E-state index is 11.6. The van der Waals surface area contributed by atoms with Crippen LogP contribution in [0.15, 0.2) is 36.7 Å². The molecule has 0 fully saturated rings. The quantitative estimate of drug-likeness (QED) is 0.789. The number of hydrogen-bond acceptors (Lipinski definition) is 4. The number of nitrogens with zero attached hydrogens (tertiary/aromatic N) is 3. The summed E-state index contributed by atoms with van der Waals surface area (Å²) < 4.78 is 1.51. The van der Waals surface area contributed by atoms with Gasteiger partial charge in [-0.15, -0.1) is 0 Å². The van der Waals surface area contributed by atoms with Gasteiger partial charge in [0, 0.05) is 31.1 Å². The molecule has 6 nitrogen and oxygen atoms in total. The van der Waals surface area contributed by atoms with Gasteiger partial charge in [0.1, 0.15) is 12.4 Å². The lowest BCUT2D eigenvalue weighted by Gasteiger charge is -2.04. The molecule has 18 heavy (non-hydrogen) atoms. The second kappa shape index (κ2) is 5.81. The van der Waals surface area contributed by atoms with Crippen molar-refractivity contribution in [3.8, 4) is 0 Å². The van der Waals surface area contributed by atoms with Gasteiger partial charge in [-0.2, -0.15) is 5.10 Å². The lowest BCUT2D eigenvalue weighted by molar-refractivity contribution is -0.121. The summed E-state index contributed by atoms with van der Waals surface area (Å²) in [5.41, 5.74) is 6.42. The molecule has 0 atom stereocenters. The van der Waals surface area contributed by atoms with Crippen LogP contribution in [-0.2, 0) is 17.8 Å². The number of nitrogens with one attached hydrogen (secondary N) is 1. The first-order chi connectivity index (χ1) is 8.74. The van der Waals surface area contributed by atoms with Crippen LogP contribution in [-0.4, -0.2) is 27.2 Å². The first-order valence-corrected chi connectivity index (χ1v) is 5.69. The second-order valence-corrected chi connectivity index (χ2v) is 3.86. The van der Waals surface area contributed by atoms with Crippen molar-refractivity contribution in [2.24, 2.45) is 0 Å². The minimum absolute atomic E-state index is 0.0889. The van der Waals surface area contributed by atoms with Gasteiger partial charge in [0.25, 0.3) is 0 Å². The molecule has 0 unspecified atom stereocenters. The van der Waals surface area contributed by atoms with Gasteiger partial charge < -0.3 is 11.1 Å². The van der Waals surface area contributed by atoms with Crippen LogP contribution in [0, 0.1) is 0 Å². The number of carbonyl (C=O) groups is 1. The van der Waals surface area contributed by atoms with Crippen molar-refractivity contribution in [1.82, 2.24) is 20.1 Å².